The smallest absolute Gasteiger partial charge is 0.250 e. The molecule has 2 N–H and O–H groups in total. The van der Waals surface area contributed by atoms with Gasteiger partial charge < -0.3 is 10.1 Å². The fraction of sp³-hybridized carbons (Fsp3) is 0.231. The molecule has 0 bridgehead atoms. The Morgan fingerprint density at radius 3 is 2.61 bits per heavy atom. The van der Waals surface area contributed by atoms with Gasteiger partial charge in [0.15, 0.2) is 5.11 Å². The highest BCUT2D eigenvalue weighted by Gasteiger charge is 1.97. The molecule has 0 saturated heterocycles. The molecule has 0 radical (unpaired) electrons. The second-order valence-electron chi connectivity index (χ2n) is 3.40. The number of nitrogens with one attached hydrogen (secondary N) is 2. The highest BCUT2D eigenvalue weighted by Crippen LogP contribution is 2.12. The van der Waals surface area contributed by atoms with Crippen molar-refractivity contribution in [3.05, 3.63) is 35.9 Å². The van der Waals surface area contributed by atoms with Crippen molar-refractivity contribution < 1.29 is 9.53 Å². The SMILES string of the molecule is CCOc1ccc(/C=C/C(=O)NC(=S)NC)cc1. The molecule has 18 heavy (non-hydrogen) atoms. The number of thiocarbonyl (C=S) groups is 1. The van der Waals surface area contributed by atoms with Gasteiger partial charge in [-0.2, -0.15) is 0 Å². The third-order valence-corrected chi connectivity index (χ3v) is 2.39. The quantitative estimate of drug-likeness (QED) is 0.642. The van der Waals surface area contributed by atoms with Crippen LogP contribution < -0.4 is 15.4 Å². The number of carbonyl (C=O) groups is 1. The third kappa shape index (κ3) is 4.97. The highest BCUT2D eigenvalue weighted by atomic mass is 32.1. The lowest BCUT2D eigenvalue weighted by Gasteiger charge is -2.03. The van der Waals surface area contributed by atoms with Gasteiger partial charge in [0.05, 0.1) is 6.61 Å². The molecule has 4 nitrogen and oxygen atoms in total. The largest absolute Gasteiger partial charge is 0.494 e. The number of rotatable bonds is 4. The maximum Gasteiger partial charge on any atom is 0.250 e. The fourth-order valence-electron chi connectivity index (χ4n) is 1.23. The molecule has 0 atom stereocenters. The van der Waals surface area contributed by atoms with Crippen molar-refractivity contribution in [2.24, 2.45) is 0 Å². The molecule has 0 aliphatic heterocycles. The molecule has 0 unspecified atom stereocenters. The Labute approximate surface area is 112 Å². The van der Waals surface area contributed by atoms with Crippen molar-refractivity contribution in [1.29, 1.82) is 0 Å². The zero-order valence-electron chi connectivity index (χ0n) is 10.4. The van der Waals surface area contributed by atoms with E-state index in [9.17, 15) is 4.79 Å². The van der Waals surface area contributed by atoms with E-state index in [1.807, 2.05) is 31.2 Å². The second kappa shape index (κ2) is 7.45. The lowest BCUT2D eigenvalue weighted by molar-refractivity contribution is -0.115. The lowest BCUT2D eigenvalue weighted by atomic mass is 10.2. The minimum atomic E-state index is -0.261. The van der Waals surface area contributed by atoms with E-state index in [4.69, 9.17) is 17.0 Å². The van der Waals surface area contributed by atoms with E-state index in [2.05, 4.69) is 10.6 Å². The van der Waals surface area contributed by atoms with E-state index < -0.39 is 0 Å². The molecular weight excluding hydrogens is 248 g/mol. The number of hydrogen-bond donors (Lipinski definition) is 2. The average Bonchev–Trinajstić information content (AvgIpc) is 2.38. The first-order chi connectivity index (χ1) is 8.65. The van der Waals surface area contributed by atoms with E-state index in [0.29, 0.717) is 11.7 Å². The van der Waals surface area contributed by atoms with Gasteiger partial charge in [-0.3, -0.25) is 10.1 Å². The van der Waals surface area contributed by atoms with E-state index in [1.165, 1.54) is 6.08 Å². The Morgan fingerprint density at radius 1 is 1.39 bits per heavy atom. The minimum Gasteiger partial charge on any atom is -0.494 e. The normalized spacial score (nSPS) is 10.1. The summed E-state index contributed by atoms with van der Waals surface area (Å²) < 4.78 is 5.32. The standard InChI is InChI=1S/C13H16N2O2S/c1-3-17-11-7-4-10(5-8-11)6-9-12(16)15-13(18)14-2/h4-9H,3H2,1-2H3,(H2,14,15,16,18)/b9-6+. The topological polar surface area (TPSA) is 50.4 Å². The summed E-state index contributed by atoms with van der Waals surface area (Å²) in [5.41, 5.74) is 0.920. The average molecular weight is 264 g/mol. The van der Waals surface area contributed by atoms with Crippen LogP contribution in [0.15, 0.2) is 30.3 Å². The second-order valence-corrected chi connectivity index (χ2v) is 3.81. The molecule has 0 heterocycles. The van der Waals surface area contributed by atoms with Gasteiger partial charge in [-0.15, -0.1) is 0 Å². The summed E-state index contributed by atoms with van der Waals surface area (Å²) in [6.07, 6.45) is 3.14. The maximum atomic E-state index is 11.4. The zero-order valence-corrected chi connectivity index (χ0v) is 11.2. The summed E-state index contributed by atoms with van der Waals surface area (Å²) in [5, 5.41) is 5.47. The number of hydrogen-bond acceptors (Lipinski definition) is 3. The molecule has 1 aromatic carbocycles. The van der Waals surface area contributed by atoms with Crippen LogP contribution in [0.2, 0.25) is 0 Å². The van der Waals surface area contributed by atoms with Gasteiger partial charge in [-0.1, -0.05) is 12.1 Å². The van der Waals surface area contributed by atoms with Crippen LogP contribution in [0, 0.1) is 0 Å². The lowest BCUT2D eigenvalue weighted by Crippen LogP contribution is -2.36. The van der Waals surface area contributed by atoms with Gasteiger partial charge in [0.2, 0.25) is 5.91 Å². The van der Waals surface area contributed by atoms with Gasteiger partial charge in [-0.25, -0.2) is 0 Å². The van der Waals surface area contributed by atoms with Crippen molar-refractivity contribution in [2.75, 3.05) is 13.7 Å². The Kier molecular flexibility index (Phi) is 5.87. The molecule has 1 rings (SSSR count). The molecule has 1 amide bonds. The molecule has 0 fully saturated rings. The molecule has 5 heteroatoms. The Hall–Kier alpha value is -1.88. The Morgan fingerprint density at radius 2 is 2.06 bits per heavy atom. The number of carbonyl (C=O) groups excluding carboxylic acids is 1. The van der Waals surface area contributed by atoms with Crippen LogP contribution in [0.4, 0.5) is 0 Å². The Bertz CT molecular complexity index is 441. The molecule has 0 aliphatic carbocycles. The van der Waals surface area contributed by atoms with Crippen LogP contribution in [-0.4, -0.2) is 24.7 Å². The van der Waals surface area contributed by atoms with Gasteiger partial charge in [0.25, 0.3) is 0 Å². The van der Waals surface area contributed by atoms with Gasteiger partial charge in [0, 0.05) is 13.1 Å². The van der Waals surface area contributed by atoms with E-state index >= 15 is 0 Å². The summed E-state index contributed by atoms with van der Waals surface area (Å²) in [7, 11) is 1.65. The van der Waals surface area contributed by atoms with Crippen LogP contribution in [0.25, 0.3) is 6.08 Å². The Balaban J connectivity index is 2.56. The molecule has 1 aromatic rings. The molecule has 96 valence electrons. The van der Waals surface area contributed by atoms with Crippen molar-refractivity contribution in [1.82, 2.24) is 10.6 Å². The van der Waals surface area contributed by atoms with Crippen LogP contribution in [-0.2, 0) is 4.79 Å². The highest BCUT2D eigenvalue weighted by molar-refractivity contribution is 7.80. The summed E-state index contributed by atoms with van der Waals surface area (Å²) in [6.45, 7) is 2.57. The van der Waals surface area contributed by atoms with Gasteiger partial charge in [-0.05, 0) is 42.9 Å². The van der Waals surface area contributed by atoms with Crippen molar-refractivity contribution in [3.63, 3.8) is 0 Å². The molecular formula is C13H16N2O2S. The maximum absolute atomic E-state index is 11.4. The van der Waals surface area contributed by atoms with Crippen LogP contribution in [0.3, 0.4) is 0 Å². The molecule has 0 aliphatic rings. The predicted molar refractivity (Wildman–Crippen MR) is 76.4 cm³/mol. The van der Waals surface area contributed by atoms with Crippen LogP contribution in [0.1, 0.15) is 12.5 Å². The molecule has 0 spiro atoms. The number of ether oxygens (including phenoxy) is 1. The third-order valence-electron chi connectivity index (χ3n) is 2.08. The van der Waals surface area contributed by atoms with Gasteiger partial charge >= 0.3 is 0 Å². The monoisotopic (exact) mass is 264 g/mol. The summed E-state index contributed by atoms with van der Waals surface area (Å²) >= 11 is 4.82. The fourth-order valence-corrected chi connectivity index (χ4v) is 1.33. The number of amides is 1. The minimum absolute atomic E-state index is 0.261. The predicted octanol–water partition coefficient (Wildman–Crippen LogP) is 1.72. The summed E-state index contributed by atoms with van der Waals surface area (Å²) in [4.78, 5) is 11.4. The van der Waals surface area contributed by atoms with Crippen LogP contribution >= 0.6 is 12.2 Å². The van der Waals surface area contributed by atoms with Crippen LogP contribution in [0.5, 0.6) is 5.75 Å². The first kappa shape index (κ1) is 14.2. The van der Waals surface area contributed by atoms with Crippen molar-refractivity contribution >= 4 is 29.3 Å². The first-order valence-electron chi connectivity index (χ1n) is 5.59. The first-order valence-corrected chi connectivity index (χ1v) is 6.00. The van der Waals surface area contributed by atoms with Gasteiger partial charge in [0.1, 0.15) is 5.75 Å². The number of benzene rings is 1. The summed E-state index contributed by atoms with van der Waals surface area (Å²) in [6, 6.07) is 7.48. The van der Waals surface area contributed by atoms with E-state index in [-0.39, 0.29) is 5.91 Å². The van der Waals surface area contributed by atoms with Crippen molar-refractivity contribution in [3.8, 4) is 5.75 Å². The van der Waals surface area contributed by atoms with E-state index in [0.717, 1.165) is 11.3 Å². The zero-order chi connectivity index (χ0) is 13.4. The molecule has 0 aromatic heterocycles. The summed E-state index contributed by atoms with van der Waals surface area (Å²) in [5.74, 6) is 0.554. The van der Waals surface area contributed by atoms with E-state index in [1.54, 1.807) is 13.1 Å². The van der Waals surface area contributed by atoms with Crippen molar-refractivity contribution in [2.45, 2.75) is 6.92 Å². The molecule has 0 saturated carbocycles.